The van der Waals surface area contributed by atoms with Crippen molar-refractivity contribution in [2.24, 2.45) is 0 Å². The first-order valence-corrected chi connectivity index (χ1v) is 11.9. The average Bonchev–Trinajstić information content (AvgIpc) is 3.23. The van der Waals surface area contributed by atoms with E-state index in [1.807, 2.05) is 31.3 Å². The van der Waals surface area contributed by atoms with Gasteiger partial charge in [0.2, 0.25) is 0 Å². The topological polar surface area (TPSA) is 59.1 Å². The summed E-state index contributed by atoms with van der Waals surface area (Å²) in [4.78, 5) is 29.5. The van der Waals surface area contributed by atoms with Crippen LogP contribution in [0.2, 0.25) is 5.02 Å². The molecule has 0 bridgehead atoms. The maximum absolute atomic E-state index is 13.0. The van der Waals surface area contributed by atoms with E-state index in [9.17, 15) is 9.59 Å². The van der Waals surface area contributed by atoms with Gasteiger partial charge < -0.3 is 19.3 Å². The van der Waals surface area contributed by atoms with Crippen LogP contribution in [0.3, 0.4) is 0 Å². The number of likely N-dealkylation sites (N-methyl/N-ethyl adjacent to an activating group) is 2. The Hall–Kier alpha value is -2.77. The van der Waals surface area contributed by atoms with Crippen molar-refractivity contribution in [3.05, 3.63) is 58.4 Å². The molecule has 176 valence electrons. The Kier molecular flexibility index (Phi) is 7.87. The minimum Gasteiger partial charge on any atom is -0.478 e. The van der Waals surface area contributed by atoms with Crippen LogP contribution in [-0.4, -0.2) is 56.2 Å². The van der Waals surface area contributed by atoms with Gasteiger partial charge in [0.15, 0.2) is 5.60 Å². The van der Waals surface area contributed by atoms with Crippen LogP contribution in [0.5, 0.6) is 5.75 Å². The molecule has 0 radical (unpaired) electrons. The third-order valence-electron chi connectivity index (χ3n) is 5.25. The second kappa shape index (κ2) is 10.4. The number of fused-ring (bicyclic) bond motifs is 1. The number of ether oxygens (including phenoxy) is 2. The van der Waals surface area contributed by atoms with Gasteiger partial charge in [-0.3, -0.25) is 4.79 Å². The lowest BCUT2D eigenvalue weighted by Gasteiger charge is -2.31. The molecule has 33 heavy (non-hydrogen) atoms. The molecule has 3 rings (SSSR count). The molecule has 6 nitrogen and oxygen atoms in total. The van der Waals surface area contributed by atoms with Gasteiger partial charge in [-0.2, -0.15) is 0 Å². The van der Waals surface area contributed by atoms with E-state index in [0.29, 0.717) is 35.3 Å². The van der Waals surface area contributed by atoms with Gasteiger partial charge in [-0.15, -0.1) is 11.3 Å². The largest absolute Gasteiger partial charge is 0.478 e. The van der Waals surface area contributed by atoms with Crippen molar-refractivity contribution in [2.45, 2.75) is 26.4 Å². The zero-order valence-corrected chi connectivity index (χ0v) is 21.1. The lowest BCUT2D eigenvalue weighted by Crippen LogP contribution is -2.49. The van der Waals surface area contributed by atoms with Crippen molar-refractivity contribution in [3.8, 4) is 5.75 Å². The van der Waals surface area contributed by atoms with Crippen LogP contribution in [0.1, 0.15) is 30.4 Å². The van der Waals surface area contributed by atoms with Crippen molar-refractivity contribution < 1.29 is 19.1 Å². The van der Waals surface area contributed by atoms with Crippen LogP contribution in [0.25, 0.3) is 10.1 Å². The highest BCUT2D eigenvalue weighted by molar-refractivity contribution is 7.20. The molecule has 0 saturated heterocycles. The van der Waals surface area contributed by atoms with Gasteiger partial charge in [-0.1, -0.05) is 17.7 Å². The third-order valence-corrected chi connectivity index (χ3v) is 6.58. The van der Waals surface area contributed by atoms with Crippen LogP contribution in [0.4, 0.5) is 5.69 Å². The fourth-order valence-corrected chi connectivity index (χ4v) is 4.61. The molecule has 8 heteroatoms. The summed E-state index contributed by atoms with van der Waals surface area (Å²) in [6, 6.07) is 14.8. The van der Waals surface area contributed by atoms with Crippen LogP contribution < -0.4 is 9.64 Å². The summed E-state index contributed by atoms with van der Waals surface area (Å²) in [5, 5.41) is 1.61. The number of amides is 1. The van der Waals surface area contributed by atoms with Crippen molar-refractivity contribution in [1.82, 2.24) is 4.90 Å². The second-order valence-corrected chi connectivity index (χ2v) is 9.75. The molecule has 1 heterocycles. The fourth-order valence-electron chi connectivity index (χ4n) is 3.50. The van der Waals surface area contributed by atoms with Crippen molar-refractivity contribution in [1.29, 1.82) is 0 Å². The number of nitrogens with zero attached hydrogens (tertiary/aromatic N) is 2. The zero-order valence-electron chi connectivity index (χ0n) is 19.6. The maximum atomic E-state index is 13.0. The maximum Gasteiger partial charge on any atom is 0.348 e. The predicted octanol–water partition coefficient (Wildman–Crippen LogP) is 5.48. The number of hydrogen-bond acceptors (Lipinski definition) is 6. The summed E-state index contributed by atoms with van der Waals surface area (Å²) < 4.78 is 12.1. The Labute approximate surface area is 203 Å². The quantitative estimate of drug-likeness (QED) is 0.373. The number of halogens is 1. The predicted molar refractivity (Wildman–Crippen MR) is 135 cm³/mol. The lowest BCUT2D eigenvalue weighted by molar-refractivity contribution is -0.143. The highest BCUT2D eigenvalue weighted by Gasteiger charge is 2.32. The molecule has 2 aromatic carbocycles. The first-order valence-electron chi connectivity index (χ1n) is 10.7. The molecule has 0 aliphatic heterocycles. The zero-order chi connectivity index (χ0) is 24.2. The van der Waals surface area contributed by atoms with E-state index >= 15 is 0 Å². The number of thiophene rings is 1. The van der Waals surface area contributed by atoms with Crippen LogP contribution in [-0.2, 0) is 9.53 Å². The number of anilines is 1. The Morgan fingerprint density at radius 2 is 1.76 bits per heavy atom. The van der Waals surface area contributed by atoms with E-state index < -0.39 is 5.60 Å². The minimum atomic E-state index is -1.02. The van der Waals surface area contributed by atoms with Crippen molar-refractivity contribution in [3.63, 3.8) is 0 Å². The molecular formula is C25H29ClN2O4S. The highest BCUT2D eigenvalue weighted by Crippen LogP contribution is 2.33. The minimum absolute atomic E-state index is 0.121. The summed E-state index contributed by atoms with van der Waals surface area (Å²) in [7, 11) is 3.75. The monoisotopic (exact) mass is 488 g/mol. The van der Waals surface area contributed by atoms with Crippen LogP contribution in [0, 0.1) is 0 Å². The molecule has 0 aliphatic carbocycles. The van der Waals surface area contributed by atoms with E-state index in [-0.39, 0.29) is 11.9 Å². The number of carbonyl (C=O) groups excluding carboxylic acids is 2. The average molecular weight is 489 g/mol. The normalized spacial score (nSPS) is 11.3. The fraction of sp³-hybridized carbons (Fsp3) is 0.360. The summed E-state index contributed by atoms with van der Waals surface area (Å²) >= 11 is 7.35. The molecule has 1 aromatic heterocycles. The van der Waals surface area contributed by atoms with Crippen LogP contribution in [0.15, 0.2) is 48.5 Å². The van der Waals surface area contributed by atoms with E-state index in [2.05, 4.69) is 4.90 Å². The molecule has 0 spiro atoms. The van der Waals surface area contributed by atoms with E-state index in [4.69, 9.17) is 21.1 Å². The van der Waals surface area contributed by atoms with E-state index in [1.54, 1.807) is 57.0 Å². The number of benzene rings is 2. The van der Waals surface area contributed by atoms with Crippen molar-refractivity contribution in [2.75, 3.05) is 38.7 Å². The number of hydrogen-bond donors (Lipinski definition) is 0. The molecule has 0 atom stereocenters. The molecule has 1 amide bonds. The van der Waals surface area contributed by atoms with Gasteiger partial charge in [0.1, 0.15) is 10.6 Å². The smallest absolute Gasteiger partial charge is 0.348 e. The second-order valence-electron chi connectivity index (χ2n) is 8.23. The van der Waals surface area contributed by atoms with Gasteiger partial charge in [0.25, 0.3) is 5.91 Å². The van der Waals surface area contributed by atoms with Gasteiger partial charge in [-0.25, -0.2) is 4.79 Å². The molecule has 0 aliphatic rings. The van der Waals surface area contributed by atoms with Gasteiger partial charge in [0.05, 0.1) is 6.61 Å². The summed E-state index contributed by atoms with van der Waals surface area (Å²) in [6.07, 6.45) is 0. The first-order chi connectivity index (χ1) is 15.6. The van der Waals surface area contributed by atoms with E-state index in [0.717, 1.165) is 15.8 Å². The molecule has 3 aromatic rings. The molecular weight excluding hydrogens is 460 g/mol. The Bertz CT molecular complexity index is 1130. The lowest BCUT2D eigenvalue weighted by atomic mass is 10.1. The van der Waals surface area contributed by atoms with Crippen molar-refractivity contribution >= 4 is 50.6 Å². The molecule has 0 saturated carbocycles. The number of carbonyl (C=O) groups is 2. The molecule has 0 N–H and O–H groups in total. The summed E-state index contributed by atoms with van der Waals surface area (Å²) in [6.45, 7) is 6.78. The molecule has 0 unspecified atom stereocenters. The van der Waals surface area contributed by atoms with Crippen LogP contribution >= 0.6 is 22.9 Å². The Morgan fingerprint density at radius 3 is 2.42 bits per heavy atom. The first kappa shape index (κ1) is 24.9. The Balaban J connectivity index is 1.66. The summed E-state index contributed by atoms with van der Waals surface area (Å²) in [5.41, 5.74) is -0.0277. The number of esters is 1. The standard InChI is InChI=1S/C25H29ClN2O4S/c1-6-31-23(29)22-16-19-20(8-7-9-21(19)33-22)27(4)14-15-28(5)24(30)25(2,3)32-18-12-10-17(26)11-13-18/h7-13,16H,6,14-15H2,1-5H3. The third kappa shape index (κ3) is 5.97. The molecule has 0 fully saturated rings. The SMILES string of the molecule is CCOC(=O)c1cc2c(N(C)CCN(C)C(=O)C(C)(C)Oc3ccc(Cl)cc3)cccc2s1. The van der Waals surface area contributed by atoms with Gasteiger partial charge in [0, 0.05) is 48.0 Å². The Morgan fingerprint density at radius 1 is 1.06 bits per heavy atom. The van der Waals surface area contributed by atoms with Gasteiger partial charge in [-0.05, 0) is 63.2 Å². The highest BCUT2D eigenvalue weighted by atomic mass is 35.5. The summed E-state index contributed by atoms with van der Waals surface area (Å²) in [5.74, 6) is 0.162. The van der Waals surface area contributed by atoms with E-state index in [1.165, 1.54) is 11.3 Å². The van der Waals surface area contributed by atoms with Gasteiger partial charge >= 0.3 is 5.97 Å². The number of rotatable bonds is 9.